The van der Waals surface area contributed by atoms with E-state index in [1.807, 2.05) is 32.0 Å². The summed E-state index contributed by atoms with van der Waals surface area (Å²) in [5, 5.41) is 0. The van der Waals surface area contributed by atoms with E-state index in [2.05, 4.69) is 0 Å². The van der Waals surface area contributed by atoms with E-state index in [4.69, 9.17) is 4.52 Å². The van der Waals surface area contributed by atoms with Crippen molar-refractivity contribution in [1.29, 1.82) is 0 Å². The minimum atomic E-state index is -4.31. The van der Waals surface area contributed by atoms with Crippen LogP contribution in [-0.4, -0.2) is 24.8 Å². The Hall–Kier alpha value is -2.38. The van der Waals surface area contributed by atoms with Gasteiger partial charge in [0.1, 0.15) is 5.75 Å². The molecule has 178 valence electrons. The maximum atomic E-state index is 13.2. The van der Waals surface area contributed by atoms with Crippen LogP contribution in [0.1, 0.15) is 47.8 Å². The monoisotopic (exact) mass is 516 g/mol. The first-order valence-electron chi connectivity index (χ1n) is 11.0. The van der Waals surface area contributed by atoms with Crippen molar-refractivity contribution in [1.82, 2.24) is 0 Å². The number of hydrogen-bond donors (Lipinski definition) is 1. The third-order valence-electron chi connectivity index (χ3n) is 5.84. The number of ketones is 1. The van der Waals surface area contributed by atoms with Gasteiger partial charge in [0.25, 0.3) is 0 Å². The van der Waals surface area contributed by atoms with E-state index < -0.39 is 16.6 Å². The van der Waals surface area contributed by atoms with Crippen LogP contribution >= 0.6 is 18.2 Å². The van der Waals surface area contributed by atoms with Gasteiger partial charge in [0.05, 0.1) is 10.6 Å². The van der Waals surface area contributed by atoms with Crippen molar-refractivity contribution < 1.29 is 27.2 Å². The van der Waals surface area contributed by atoms with E-state index in [0.29, 0.717) is 34.4 Å². The standard InChI is InChI=1S/C25H25O6PS2/c1-4-16-10-9-11-17(5-2)25(16)33-32(27,28)31-18-14-21-23(22(15-18)34(29,30)6-3)19-12-7-8-13-20(19)24(21)26/h7-15H,4-6H2,1-3H3,(H,27,28). The molecule has 0 aliphatic heterocycles. The molecular weight excluding hydrogens is 491 g/mol. The Morgan fingerprint density at radius 3 is 2.12 bits per heavy atom. The van der Waals surface area contributed by atoms with Gasteiger partial charge in [-0.3, -0.25) is 4.79 Å². The highest BCUT2D eigenvalue weighted by atomic mass is 32.7. The Labute approximate surface area is 203 Å². The van der Waals surface area contributed by atoms with Gasteiger partial charge in [0.15, 0.2) is 15.6 Å². The molecule has 0 aromatic heterocycles. The molecular formula is C25H25O6PS2. The average molecular weight is 517 g/mol. The second-order valence-corrected chi connectivity index (χ2v) is 13.8. The first-order valence-corrected chi connectivity index (χ1v) is 15.6. The summed E-state index contributed by atoms with van der Waals surface area (Å²) in [6.45, 7) is 1.14. The highest BCUT2D eigenvalue weighted by molar-refractivity contribution is 8.55. The van der Waals surface area contributed by atoms with Crippen LogP contribution in [0.15, 0.2) is 64.4 Å². The molecule has 0 amide bonds. The van der Waals surface area contributed by atoms with Crippen molar-refractivity contribution in [3.63, 3.8) is 0 Å². The molecule has 3 aromatic rings. The molecule has 0 radical (unpaired) electrons. The Morgan fingerprint density at radius 2 is 1.53 bits per heavy atom. The molecule has 3 aromatic carbocycles. The number of sulfone groups is 1. The van der Waals surface area contributed by atoms with E-state index in [-0.39, 0.29) is 27.7 Å². The summed E-state index contributed by atoms with van der Waals surface area (Å²) in [4.78, 5) is 24.4. The lowest BCUT2D eigenvalue weighted by atomic mass is 10.1. The SMILES string of the molecule is CCc1cccc(CC)c1SP(=O)(O)Oc1cc2c(c(S(=O)(=O)CC)c1)-c1ccccc1C2=O. The van der Waals surface area contributed by atoms with Gasteiger partial charge in [-0.25, -0.2) is 13.0 Å². The first kappa shape index (κ1) is 24.7. The lowest BCUT2D eigenvalue weighted by Gasteiger charge is -2.18. The van der Waals surface area contributed by atoms with Crippen LogP contribution in [0.4, 0.5) is 0 Å². The normalized spacial score (nSPS) is 14.4. The van der Waals surface area contributed by atoms with Gasteiger partial charge in [-0.05, 0) is 41.7 Å². The summed E-state index contributed by atoms with van der Waals surface area (Å²) < 4.78 is 44.6. The molecule has 9 heteroatoms. The zero-order valence-corrected chi connectivity index (χ0v) is 21.6. The van der Waals surface area contributed by atoms with Crippen molar-refractivity contribution in [2.75, 3.05) is 5.75 Å². The van der Waals surface area contributed by atoms with Crippen LogP contribution in [0, 0.1) is 0 Å². The fraction of sp³-hybridized carbons (Fsp3) is 0.240. The molecule has 1 unspecified atom stereocenters. The molecule has 34 heavy (non-hydrogen) atoms. The maximum absolute atomic E-state index is 13.2. The molecule has 0 saturated carbocycles. The minimum Gasteiger partial charge on any atom is -0.417 e. The molecule has 6 nitrogen and oxygen atoms in total. The predicted octanol–water partition coefficient (Wildman–Crippen LogP) is 6.09. The molecule has 4 rings (SSSR count). The van der Waals surface area contributed by atoms with Crippen LogP contribution < -0.4 is 4.52 Å². The van der Waals surface area contributed by atoms with E-state index in [0.717, 1.165) is 22.5 Å². The first-order chi connectivity index (χ1) is 16.1. The highest BCUT2D eigenvalue weighted by Gasteiger charge is 2.35. The Morgan fingerprint density at radius 1 is 0.912 bits per heavy atom. The van der Waals surface area contributed by atoms with Crippen molar-refractivity contribution >= 4 is 33.8 Å². The predicted molar refractivity (Wildman–Crippen MR) is 135 cm³/mol. The second-order valence-electron chi connectivity index (χ2n) is 7.89. The van der Waals surface area contributed by atoms with Crippen LogP contribution in [0.2, 0.25) is 0 Å². The lowest BCUT2D eigenvalue weighted by molar-refractivity contribution is 0.104. The smallest absolute Gasteiger partial charge is 0.417 e. The van der Waals surface area contributed by atoms with Gasteiger partial charge in [-0.15, -0.1) is 0 Å². The van der Waals surface area contributed by atoms with Crippen LogP contribution in [-0.2, 0) is 27.2 Å². The minimum absolute atomic E-state index is 0.0750. The van der Waals surface area contributed by atoms with Crippen LogP contribution in [0.5, 0.6) is 5.75 Å². The molecule has 0 spiro atoms. The summed E-state index contributed by atoms with van der Waals surface area (Å²) in [5.74, 6) is -0.653. The zero-order valence-electron chi connectivity index (χ0n) is 19.1. The largest absolute Gasteiger partial charge is 0.442 e. The van der Waals surface area contributed by atoms with Crippen molar-refractivity contribution in [2.24, 2.45) is 0 Å². The molecule has 0 fully saturated rings. The third kappa shape index (κ3) is 4.48. The van der Waals surface area contributed by atoms with Gasteiger partial charge >= 0.3 is 6.80 Å². The fourth-order valence-electron chi connectivity index (χ4n) is 4.12. The zero-order chi connectivity index (χ0) is 24.7. The summed E-state index contributed by atoms with van der Waals surface area (Å²) in [6, 6.07) is 15.1. The van der Waals surface area contributed by atoms with Gasteiger partial charge in [0, 0.05) is 33.0 Å². The van der Waals surface area contributed by atoms with Gasteiger partial charge < -0.3 is 9.42 Å². The topological polar surface area (TPSA) is 97.7 Å². The fourth-order valence-corrected chi connectivity index (χ4v) is 8.33. The van der Waals surface area contributed by atoms with Crippen LogP contribution in [0.25, 0.3) is 11.1 Å². The van der Waals surface area contributed by atoms with E-state index in [9.17, 15) is 22.7 Å². The second kappa shape index (κ2) is 9.34. The molecule has 0 heterocycles. The van der Waals surface area contributed by atoms with Crippen LogP contribution in [0.3, 0.4) is 0 Å². The van der Waals surface area contributed by atoms with E-state index in [1.165, 1.54) is 19.1 Å². The maximum Gasteiger partial charge on any atom is 0.442 e. The molecule has 0 saturated heterocycles. The average Bonchev–Trinajstić information content (AvgIpc) is 3.10. The highest BCUT2D eigenvalue weighted by Crippen LogP contribution is 2.60. The summed E-state index contributed by atoms with van der Waals surface area (Å²) in [5.41, 5.74) is 3.26. The van der Waals surface area contributed by atoms with Gasteiger partial charge in [0.2, 0.25) is 0 Å². The van der Waals surface area contributed by atoms with Crippen molar-refractivity contribution in [3.05, 3.63) is 76.9 Å². The summed E-state index contributed by atoms with van der Waals surface area (Å²) >= 11 is 0.738. The summed E-state index contributed by atoms with van der Waals surface area (Å²) in [6.07, 6.45) is 1.36. The third-order valence-corrected chi connectivity index (χ3v) is 10.4. The molecule has 1 aliphatic rings. The number of carbonyl (C=O) groups excluding carboxylic acids is 1. The molecule has 1 N–H and O–H groups in total. The quantitative estimate of drug-likeness (QED) is 0.283. The number of rotatable bonds is 8. The van der Waals surface area contributed by atoms with E-state index in [1.54, 1.807) is 24.3 Å². The van der Waals surface area contributed by atoms with E-state index >= 15 is 0 Å². The number of aryl methyl sites for hydroxylation is 2. The van der Waals surface area contributed by atoms with Crippen molar-refractivity contribution in [2.45, 2.75) is 43.4 Å². The molecule has 1 atom stereocenters. The summed E-state index contributed by atoms with van der Waals surface area (Å²) in [7, 11) is -3.76. The van der Waals surface area contributed by atoms with Gasteiger partial charge in [-0.2, -0.15) is 0 Å². The number of carbonyl (C=O) groups is 1. The van der Waals surface area contributed by atoms with Gasteiger partial charge in [-0.1, -0.05) is 63.2 Å². The lowest BCUT2D eigenvalue weighted by Crippen LogP contribution is -2.07. The Balaban J connectivity index is 1.80. The Kier molecular flexibility index (Phi) is 6.80. The number of fused-ring (bicyclic) bond motifs is 3. The number of benzene rings is 3. The number of hydrogen-bond acceptors (Lipinski definition) is 6. The molecule has 0 bridgehead atoms. The molecule has 1 aliphatic carbocycles. The Bertz CT molecular complexity index is 1420. The van der Waals surface area contributed by atoms with Crippen molar-refractivity contribution in [3.8, 4) is 16.9 Å².